The molecule has 5 rings (SSSR count). The van der Waals surface area contributed by atoms with Crippen molar-refractivity contribution in [2.45, 2.75) is 101 Å². The Balaban J connectivity index is 1.01. The molecular formula is C28H42N2O6. The number of hydrogen-bond donors (Lipinski definition) is 1. The summed E-state index contributed by atoms with van der Waals surface area (Å²) in [6.45, 7) is 1.49. The number of amides is 2. The Kier molecular flexibility index (Phi) is 8.75. The van der Waals surface area contributed by atoms with Gasteiger partial charge in [0.15, 0.2) is 0 Å². The van der Waals surface area contributed by atoms with Crippen LogP contribution in [-0.4, -0.2) is 73.3 Å². The van der Waals surface area contributed by atoms with Crippen LogP contribution in [0.1, 0.15) is 77.0 Å². The fourth-order valence-corrected chi connectivity index (χ4v) is 7.28. The number of rotatable bonds is 9. The van der Waals surface area contributed by atoms with E-state index in [0.717, 1.165) is 38.5 Å². The Morgan fingerprint density at radius 2 is 1.36 bits per heavy atom. The van der Waals surface area contributed by atoms with Crippen LogP contribution in [0.2, 0.25) is 0 Å². The molecule has 0 spiro atoms. The monoisotopic (exact) mass is 502 g/mol. The van der Waals surface area contributed by atoms with E-state index in [9.17, 15) is 14.4 Å². The fraction of sp³-hybridized carbons (Fsp3) is 0.821. The van der Waals surface area contributed by atoms with Crippen LogP contribution in [0.5, 0.6) is 0 Å². The van der Waals surface area contributed by atoms with Gasteiger partial charge in [0.2, 0.25) is 0 Å². The zero-order chi connectivity index (χ0) is 24.9. The summed E-state index contributed by atoms with van der Waals surface area (Å²) in [6, 6.07) is 0.991. The van der Waals surface area contributed by atoms with E-state index in [0.29, 0.717) is 43.7 Å². The molecule has 0 bridgehead atoms. The van der Waals surface area contributed by atoms with Gasteiger partial charge < -0.3 is 19.5 Å². The molecule has 2 aliphatic heterocycles. The number of nitrogens with one attached hydrogen (secondary N) is 1. The maximum Gasteiger partial charge on any atom is 0.309 e. The molecule has 4 fully saturated rings. The average molecular weight is 503 g/mol. The van der Waals surface area contributed by atoms with E-state index in [1.54, 1.807) is 0 Å². The number of imide groups is 1. The van der Waals surface area contributed by atoms with Crippen LogP contribution in [0.3, 0.4) is 0 Å². The Hall–Kier alpha value is -1.77. The zero-order valence-corrected chi connectivity index (χ0v) is 21.4. The molecule has 2 heterocycles. The van der Waals surface area contributed by atoms with Gasteiger partial charge in [-0.1, -0.05) is 25.7 Å². The first-order valence-corrected chi connectivity index (χ1v) is 14.3. The Labute approximate surface area is 214 Å². The minimum absolute atomic E-state index is 0.0108. The lowest BCUT2D eigenvalue weighted by molar-refractivity contribution is -0.166. The van der Waals surface area contributed by atoms with Gasteiger partial charge in [0.25, 0.3) is 11.8 Å². The number of carbonyl (C=O) groups excluding carboxylic acids is 3. The SMILES string of the molecule is O=C(OC1CCC(OCCOCCN2C(=O)C=CC2=O)CC1)C1C2CCCCC2NC2CCCCC21. The summed E-state index contributed by atoms with van der Waals surface area (Å²) in [6.07, 6.45) is 16.0. The summed E-state index contributed by atoms with van der Waals surface area (Å²) in [5.41, 5.74) is 0. The van der Waals surface area contributed by atoms with E-state index in [2.05, 4.69) is 5.32 Å². The van der Waals surface area contributed by atoms with Gasteiger partial charge in [-0.2, -0.15) is 0 Å². The van der Waals surface area contributed by atoms with Crippen molar-refractivity contribution in [3.8, 4) is 0 Å². The summed E-state index contributed by atoms with van der Waals surface area (Å²) in [7, 11) is 0. The van der Waals surface area contributed by atoms with Gasteiger partial charge in [-0.15, -0.1) is 0 Å². The highest BCUT2D eigenvalue weighted by molar-refractivity contribution is 6.12. The lowest BCUT2D eigenvalue weighted by Gasteiger charge is -2.51. The highest BCUT2D eigenvalue weighted by Gasteiger charge is 2.49. The molecule has 1 saturated heterocycles. The smallest absolute Gasteiger partial charge is 0.309 e. The third-order valence-electron chi connectivity index (χ3n) is 9.11. The molecular weight excluding hydrogens is 460 g/mol. The Bertz CT molecular complexity index is 783. The quantitative estimate of drug-likeness (QED) is 0.294. The normalized spacial score (nSPS) is 36.4. The Morgan fingerprint density at radius 3 is 2.00 bits per heavy atom. The first-order valence-electron chi connectivity index (χ1n) is 14.3. The van der Waals surface area contributed by atoms with E-state index in [4.69, 9.17) is 14.2 Å². The third kappa shape index (κ3) is 6.03. The van der Waals surface area contributed by atoms with Crippen molar-refractivity contribution in [1.82, 2.24) is 10.2 Å². The second-order valence-electron chi connectivity index (χ2n) is 11.3. The first kappa shape index (κ1) is 25.9. The molecule has 2 amide bonds. The highest BCUT2D eigenvalue weighted by atomic mass is 16.5. The van der Waals surface area contributed by atoms with Gasteiger partial charge in [-0.25, -0.2) is 0 Å². The zero-order valence-electron chi connectivity index (χ0n) is 21.4. The van der Waals surface area contributed by atoms with Gasteiger partial charge in [-0.05, 0) is 63.2 Å². The molecule has 1 N–H and O–H groups in total. The van der Waals surface area contributed by atoms with Gasteiger partial charge in [0, 0.05) is 24.2 Å². The summed E-state index contributed by atoms with van der Waals surface area (Å²) in [4.78, 5) is 37.7. The minimum atomic E-state index is -0.283. The molecule has 200 valence electrons. The minimum Gasteiger partial charge on any atom is -0.462 e. The fourth-order valence-electron chi connectivity index (χ4n) is 7.28. The lowest BCUT2D eigenvalue weighted by atomic mass is 9.62. The van der Waals surface area contributed by atoms with E-state index in [-0.39, 0.29) is 42.5 Å². The standard InChI is InChI=1S/C28H42N2O6/c31-25-13-14-26(32)30(25)15-16-34-17-18-35-19-9-11-20(12-10-19)36-28(33)27-21-5-1-3-7-23(21)29-24-8-4-2-6-22(24)27/h13-14,19-24,27,29H,1-12,15-18H2. The second kappa shape index (κ2) is 12.2. The van der Waals surface area contributed by atoms with Crippen LogP contribution in [0.4, 0.5) is 0 Å². The summed E-state index contributed by atoms with van der Waals surface area (Å²) in [5.74, 6) is 0.485. The van der Waals surface area contributed by atoms with E-state index in [1.165, 1.54) is 55.6 Å². The van der Waals surface area contributed by atoms with Gasteiger partial charge in [-0.3, -0.25) is 19.3 Å². The molecule has 4 unspecified atom stereocenters. The van der Waals surface area contributed by atoms with Crippen molar-refractivity contribution in [3.63, 3.8) is 0 Å². The predicted octanol–water partition coefficient (Wildman–Crippen LogP) is 3.14. The second-order valence-corrected chi connectivity index (χ2v) is 11.3. The van der Waals surface area contributed by atoms with Crippen molar-refractivity contribution in [3.05, 3.63) is 12.2 Å². The van der Waals surface area contributed by atoms with Crippen LogP contribution in [0.15, 0.2) is 12.2 Å². The molecule has 8 heteroatoms. The van der Waals surface area contributed by atoms with Crippen molar-refractivity contribution < 1.29 is 28.6 Å². The van der Waals surface area contributed by atoms with Crippen molar-refractivity contribution in [2.24, 2.45) is 17.8 Å². The molecule has 0 aromatic carbocycles. The molecule has 3 saturated carbocycles. The van der Waals surface area contributed by atoms with Crippen molar-refractivity contribution in [1.29, 1.82) is 0 Å². The average Bonchev–Trinajstić information content (AvgIpc) is 3.22. The predicted molar refractivity (Wildman–Crippen MR) is 133 cm³/mol. The number of hydrogen-bond acceptors (Lipinski definition) is 7. The van der Waals surface area contributed by atoms with Gasteiger partial charge in [0.1, 0.15) is 6.10 Å². The molecule has 0 aromatic rings. The molecule has 36 heavy (non-hydrogen) atoms. The van der Waals surface area contributed by atoms with Gasteiger partial charge >= 0.3 is 5.97 Å². The highest BCUT2D eigenvalue weighted by Crippen LogP contribution is 2.45. The largest absolute Gasteiger partial charge is 0.462 e. The van der Waals surface area contributed by atoms with Crippen LogP contribution >= 0.6 is 0 Å². The van der Waals surface area contributed by atoms with Crippen LogP contribution in [-0.2, 0) is 28.6 Å². The first-order chi connectivity index (χ1) is 17.6. The molecule has 5 aliphatic rings. The van der Waals surface area contributed by atoms with Crippen LogP contribution < -0.4 is 5.32 Å². The summed E-state index contributed by atoms with van der Waals surface area (Å²) in [5, 5.41) is 3.93. The molecule has 4 atom stereocenters. The van der Waals surface area contributed by atoms with E-state index >= 15 is 0 Å². The number of nitrogens with zero attached hydrogens (tertiary/aromatic N) is 1. The van der Waals surface area contributed by atoms with Crippen LogP contribution in [0.25, 0.3) is 0 Å². The molecule has 0 aromatic heterocycles. The maximum absolute atomic E-state index is 13.5. The molecule has 8 nitrogen and oxygen atoms in total. The maximum atomic E-state index is 13.5. The number of esters is 1. The summed E-state index contributed by atoms with van der Waals surface area (Å²) < 4.78 is 17.7. The van der Waals surface area contributed by atoms with Crippen molar-refractivity contribution in [2.75, 3.05) is 26.4 Å². The molecule has 3 aliphatic carbocycles. The molecule has 0 radical (unpaired) electrons. The third-order valence-corrected chi connectivity index (χ3v) is 9.11. The number of piperidine rings is 1. The number of carbonyl (C=O) groups is 3. The lowest BCUT2D eigenvalue weighted by Crippen LogP contribution is -2.60. The van der Waals surface area contributed by atoms with E-state index in [1.807, 2.05) is 0 Å². The van der Waals surface area contributed by atoms with E-state index < -0.39 is 0 Å². The van der Waals surface area contributed by atoms with Gasteiger partial charge in [0.05, 0.1) is 38.4 Å². The summed E-state index contributed by atoms with van der Waals surface area (Å²) >= 11 is 0. The van der Waals surface area contributed by atoms with Crippen LogP contribution in [0, 0.1) is 17.8 Å². The topological polar surface area (TPSA) is 94.2 Å². The number of ether oxygens (including phenoxy) is 3. The van der Waals surface area contributed by atoms with Crippen molar-refractivity contribution >= 4 is 17.8 Å². The number of fused-ring (bicyclic) bond motifs is 2. The Morgan fingerprint density at radius 1 is 0.778 bits per heavy atom.